The topological polar surface area (TPSA) is 0 Å². The van der Waals surface area contributed by atoms with Gasteiger partial charge in [-0.2, -0.15) is 0 Å². The molecule has 0 saturated heterocycles. The monoisotopic (exact) mass is 694 g/mol. The molecule has 0 bridgehead atoms. The Morgan fingerprint density at radius 1 is 0.278 bits per heavy atom. The summed E-state index contributed by atoms with van der Waals surface area (Å²) in [7, 11) is -1.48. The molecule has 0 nitrogen and oxygen atoms in total. The molecule has 0 atom stereocenters. The normalized spacial score (nSPS) is 17.8. The Morgan fingerprint density at radius 3 is 0.472 bits per heavy atom. The van der Waals surface area contributed by atoms with Crippen molar-refractivity contribution in [3.05, 3.63) is 128 Å². The molecule has 0 spiro atoms. The van der Waals surface area contributed by atoms with Gasteiger partial charge in [0.15, 0.2) is 0 Å². The summed E-state index contributed by atoms with van der Waals surface area (Å²) in [5, 5.41) is 0. The van der Waals surface area contributed by atoms with Gasteiger partial charge in [0.05, 0.1) is 0 Å². The zero-order chi connectivity index (χ0) is 24.0. The van der Waals surface area contributed by atoms with Crippen LogP contribution in [0.3, 0.4) is 0 Å². The minimum atomic E-state index is -0.738. The van der Waals surface area contributed by atoms with Gasteiger partial charge in [-0.05, 0) is 128 Å². The van der Waals surface area contributed by atoms with Crippen molar-refractivity contribution in [2.24, 2.45) is 0 Å². The first kappa shape index (κ1) is 48.2. The molecule has 36 heavy (non-hydrogen) atoms. The van der Waals surface area contributed by atoms with Crippen LogP contribution < -0.4 is 0 Å². The predicted molar refractivity (Wildman–Crippen MR) is 152 cm³/mol. The average Bonchev–Trinajstić information content (AvgIpc) is 3.58. The smallest absolute Gasteiger partial charge is 0.0442 e. The van der Waals surface area contributed by atoms with E-state index in [4.69, 9.17) is 0 Å². The van der Waals surface area contributed by atoms with Gasteiger partial charge in [-0.1, -0.05) is 64.2 Å². The molecule has 0 aromatic carbocycles. The fourth-order valence-corrected chi connectivity index (χ4v) is 5.21. The van der Waals surface area contributed by atoms with E-state index >= 15 is 0 Å². The summed E-state index contributed by atoms with van der Waals surface area (Å²) in [5.74, 6) is 0. The van der Waals surface area contributed by atoms with Gasteiger partial charge in [-0.25, -0.2) is 0 Å². The van der Waals surface area contributed by atoms with Crippen LogP contribution in [0.25, 0.3) is 0 Å². The second-order valence-electron chi connectivity index (χ2n) is 10.2. The van der Waals surface area contributed by atoms with Crippen molar-refractivity contribution in [2.75, 3.05) is 0 Å². The summed E-state index contributed by atoms with van der Waals surface area (Å²) in [4.78, 5) is 0. The van der Waals surface area contributed by atoms with Gasteiger partial charge in [0.2, 0.25) is 0 Å². The van der Waals surface area contributed by atoms with Gasteiger partial charge < -0.3 is 0 Å². The molecule has 0 N–H and O–H groups in total. The largest absolute Gasteiger partial charge is 0.0695 e. The molecule has 4 aliphatic rings. The van der Waals surface area contributed by atoms with E-state index in [0.29, 0.717) is 0 Å². The second kappa shape index (κ2) is 33.6. The summed E-state index contributed by atoms with van der Waals surface area (Å²) in [6.45, 7) is 14.8. The van der Waals surface area contributed by atoms with Crippen molar-refractivity contribution in [1.82, 2.24) is 0 Å². The van der Waals surface area contributed by atoms with Crippen molar-refractivity contribution in [3.8, 4) is 0 Å². The molecule has 0 heterocycles. The molecule has 0 aromatic heterocycles. The quantitative estimate of drug-likeness (QED) is 0.200. The SMILES string of the molecule is C[Si](C)(C)CCCC[Si](C)(C)C.[CH]1[CH][CH][CH][CH]1.[CH]1[CH][CH][CH][CH]1.[CH]1[CH][CH][CH][CH]1.[CH]1[CH][CH][CH][CH]1.[Ni].[Ni].[Ni].[Ni]. The maximum absolute atomic E-state index is 2.47. The van der Waals surface area contributed by atoms with Crippen molar-refractivity contribution in [2.45, 2.75) is 64.2 Å². The molecular formula is C30H46Ni4Si2. The Balaban J connectivity index is -0.000000114. The van der Waals surface area contributed by atoms with Gasteiger partial charge >= 0.3 is 0 Å². The van der Waals surface area contributed by atoms with E-state index < -0.39 is 16.1 Å². The van der Waals surface area contributed by atoms with Crippen LogP contribution in [0, 0.1) is 128 Å². The third kappa shape index (κ3) is 46.3. The Bertz CT molecular complexity index is 280. The van der Waals surface area contributed by atoms with E-state index in [1.54, 1.807) is 0 Å². The molecule has 0 aliphatic heterocycles. The molecule has 0 unspecified atom stereocenters. The number of hydrogen-bond acceptors (Lipinski definition) is 0. The number of hydrogen-bond donors (Lipinski definition) is 0. The van der Waals surface area contributed by atoms with E-state index in [9.17, 15) is 0 Å². The molecule has 0 aromatic rings. The average molecular weight is 698 g/mol. The van der Waals surface area contributed by atoms with Gasteiger partial charge in [-0.15, -0.1) is 0 Å². The molecular weight excluding hydrogens is 651 g/mol. The number of unbranched alkanes of at least 4 members (excludes halogenated alkanes) is 1. The van der Waals surface area contributed by atoms with Crippen LogP contribution in [0.1, 0.15) is 12.8 Å². The van der Waals surface area contributed by atoms with E-state index in [2.05, 4.69) is 39.3 Å². The zero-order valence-electron chi connectivity index (χ0n) is 22.6. The van der Waals surface area contributed by atoms with Crippen LogP contribution in [-0.4, -0.2) is 16.1 Å². The van der Waals surface area contributed by atoms with Crippen molar-refractivity contribution >= 4 is 16.1 Å². The second-order valence-corrected chi connectivity index (χ2v) is 21.4. The molecule has 4 rings (SSSR count). The van der Waals surface area contributed by atoms with Gasteiger partial charge in [-0.3, -0.25) is 0 Å². The zero-order valence-corrected chi connectivity index (χ0v) is 28.6. The minimum absolute atomic E-state index is 0. The fraction of sp³-hybridized carbons (Fsp3) is 0.333. The van der Waals surface area contributed by atoms with Crippen LogP contribution in [0.2, 0.25) is 51.4 Å². The Hall–Kier alpha value is 2.41. The maximum atomic E-state index is 2.47. The first-order valence-corrected chi connectivity index (χ1v) is 19.3. The standard InChI is InChI=1S/C10H26Si2.4C5H5.4Ni/c1-11(2,3)9-7-8-10-12(4,5)6;4*1-2-4-5-3-1;;;;/h7-10H2,1-6H3;4*1-5H;;;;. The first-order chi connectivity index (χ1) is 15.2. The van der Waals surface area contributed by atoms with Crippen LogP contribution in [0.5, 0.6) is 0 Å². The van der Waals surface area contributed by atoms with E-state index in [1.807, 2.05) is 128 Å². The molecule has 4 fully saturated rings. The van der Waals surface area contributed by atoms with Crippen molar-refractivity contribution < 1.29 is 66.0 Å². The van der Waals surface area contributed by atoms with Crippen molar-refractivity contribution in [3.63, 3.8) is 0 Å². The van der Waals surface area contributed by atoms with E-state index in [1.165, 1.54) is 24.9 Å². The molecule has 20 radical (unpaired) electrons. The van der Waals surface area contributed by atoms with Gasteiger partial charge in [0, 0.05) is 82.1 Å². The molecule has 4 saturated carbocycles. The molecule has 6 heteroatoms. The summed E-state index contributed by atoms with van der Waals surface area (Å²) < 4.78 is 0. The van der Waals surface area contributed by atoms with Crippen LogP contribution in [-0.2, 0) is 66.0 Å². The minimum Gasteiger partial charge on any atom is -0.0695 e. The summed E-state index contributed by atoms with van der Waals surface area (Å²) in [6.07, 6.45) is 43.0. The fourth-order valence-electron chi connectivity index (χ4n) is 2.59. The molecule has 214 valence electrons. The predicted octanol–water partition coefficient (Wildman–Crippen LogP) is 8.52. The first-order valence-electron chi connectivity index (χ1n) is 11.9. The molecule has 4 aliphatic carbocycles. The number of rotatable bonds is 5. The Kier molecular flexibility index (Phi) is 45.0. The van der Waals surface area contributed by atoms with Crippen LogP contribution in [0.15, 0.2) is 0 Å². The maximum Gasteiger partial charge on any atom is 0.0442 e. The van der Waals surface area contributed by atoms with Gasteiger partial charge in [0.25, 0.3) is 0 Å². The molecule has 0 amide bonds. The Labute approximate surface area is 272 Å². The van der Waals surface area contributed by atoms with Gasteiger partial charge in [0.1, 0.15) is 0 Å². The van der Waals surface area contributed by atoms with E-state index in [0.717, 1.165) is 0 Å². The van der Waals surface area contributed by atoms with Crippen LogP contribution in [0.4, 0.5) is 0 Å². The summed E-state index contributed by atoms with van der Waals surface area (Å²) in [5.41, 5.74) is 0. The van der Waals surface area contributed by atoms with Crippen molar-refractivity contribution in [1.29, 1.82) is 0 Å². The third-order valence-corrected chi connectivity index (χ3v) is 8.03. The van der Waals surface area contributed by atoms with E-state index in [-0.39, 0.29) is 66.0 Å². The third-order valence-electron chi connectivity index (χ3n) is 4.33. The summed E-state index contributed by atoms with van der Waals surface area (Å²) in [6, 6.07) is 3.05. The Morgan fingerprint density at radius 2 is 0.389 bits per heavy atom. The summed E-state index contributed by atoms with van der Waals surface area (Å²) >= 11 is 0. The van der Waals surface area contributed by atoms with Crippen LogP contribution >= 0.6 is 0 Å².